The van der Waals surface area contributed by atoms with E-state index in [1.807, 2.05) is 26.1 Å². The number of para-hydroxylation sites is 1. The second-order valence-electron chi connectivity index (χ2n) is 8.84. The van der Waals surface area contributed by atoms with E-state index in [0.717, 1.165) is 24.2 Å². The normalized spacial score (nSPS) is 15.8. The molecule has 0 saturated carbocycles. The smallest absolute Gasteiger partial charge is 0.261 e. The number of nitrogens with zero attached hydrogens (tertiary/aromatic N) is 3. The molecule has 2 aliphatic heterocycles. The van der Waals surface area contributed by atoms with E-state index in [1.165, 1.54) is 29.8 Å². The molecule has 32 heavy (non-hydrogen) atoms. The van der Waals surface area contributed by atoms with E-state index < -0.39 is 0 Å². The fourth-order valence-corrected chi connectivity index (χ4v) is 4.62. The molecule has 0 aromatic heterocycles. The average molecular weight is 434 g/mol. The topological polar surface area (TPSA) is 60.9 Å². The molecule has 2 aliphatic rings. The summed E-state index contributed by atoms with van der Waals surface area (Å²) in [5.41, 5.74) is 4.24. The van der Waals surface area contributed by atoms with E-state index >= 15 is 0 Å². The Morgan fingerprint density at radius 2 is 1.69 bits per heavy atom. The first kappa shape index (κ1) is 22.1. The van der Waals surface area contributed by atoms with Gasteiger partial charge in [0.2, 0.25) is 5.91 Å². The molecule has 4 rings (SSSR count). The first-order chi connectivity index (χ1) is 15.5. The Morgan fingerprint density at radius 1 is 0.969 bits per heavy atom. The van der Waals surface area contributed by atoms with Gasteiger partial charge >= 0.3 is 0 Å². The van der Waals surface area contributed by atoms with Gasteiger partial charge in [-0.15, -0.1) is 0 Å². The molecule has 0 unspecified atom stereocenters. The highest BCUT2D eigenvalue weighted by Gasteiger charge is 2.35. The third-order valence-electron chi connectivity index (χ3n) is 6.42. The maximum absolute atomic E-state index is 12.8. The summed E-state index contributed by atoms with van der Waals surface area (Å²) in [5.74, 6) is -0.503. The summed E-state index contributed by atoms with van der Waals surface area (Å²) in [6, 6.07) is 13.6. The van der Waals surface area contributed by atoms with Crippen molar-refractivity contribution in [2.45, 2.75) is 45.6 Å². The van der Waals surface area contributed by atoms with Gasteiger partial charge < -0.3 is 9.80 Å². The predicted octanol–water partition coefficient (Wildman–Crippen LogP) is 4.02. The maximum atomic E-state index is 12.8. The van der Waals surface area contributed by atoms with E-state index in [0.29, 0.717) is 30.5 Å². The van der Waals surface area contributed by atoms with Gasteiger partial charge in [0.15, 0.2) is 0 Å². The summed E-state index contributed by atoms with van der Waals surface area (Å²) >= 11 is 0. The van der Waals surface area contributed by atoms with Crippen molar-refractivity contribution in [2.24, 2.45) is 0 Å². The number of aryl methyl sites for hydroxylation is 1. The van der Waals surface area contributed by atoms with Crippen molar-refractivity contribution >= 4 is 23.4 Å². The fourth-order valence-electron chi connectivity index (χ4n) is 4.62. The molecule has 1 fully saturated rings. The van der Waals surface area contributed by atoms with Crippen LogP contribution in [0.5, 0.6) is 0 Å². The Labute approximate surface area is 189 Å². The maximum Gasteiger partial charge on any atom is 0.261 e. The Hall–Kier alpha value is -3.15. The van der Waals surface area contributed by atoms with Crippen LogP contribution in [0.1, 0.15) is 63.9 Å². The molecule has 0 aliphatic carbocycles. The van der Waals surface area contributed by atoms with Crippen molar-refractivity contribution in [1.82, 2.24) is 9.80 Å². The summed E-state index contributed by atoms with van der Waals surface area (Å²) in [4.78, 5) is 43.4. The van der Waals surface area contributed by atoms with Crippen LogP contribution in [0.3, 0.4) is 0 Å². The second-order valence-corrected chi connectivity index (χ2v) is 8.84. The minimum absolute atomic E-state index is 0.0194. The Kier molecular flexibility index (Phi) is 6.58. The molecule has 6 nitrogen and oxygen atoms in total. The molecule has 0 radical (unpaired) electrons. The molecule has 1 saturated heterocycles. The molecule has 0 bridgehead atoms. The average Bonchev–Trinajstić information content (AvgIpc) is 3.04. The molecule has 2 aromatic carbocycles. The lowest BCUT2D eigenvalue weighted by Gasteiger charge is -2.31. The quantitative estimate of drug-likeness (QED) is 0.619. The molecule has 6 heteroatoms. The van der Waals surface area contributed by atoms with Crippen LogP contribution in [-0.2, 0) is 11.3 Å². The zero-order valence-electron chi connectivity index (χ0n) is 19.0. The van der Waals surface area contributed by atoms with Gasteiger partial charge in [-0.1, -0.05) is 29.8 Å². The highest BCUT2D eigenvalue weighted by molar-refractivity contribution is 6.21. The SMILES string of the molecule is Cc1ccc2c(c1)C(=O)N(CCCC(=O)N(C)Cc1ccccc1N1CCCCC1)C2=O. The van der Waals surface area contributed by atoms with E-state index in [1.54, 1.807) is 17.0 Å². The van der Waals surface area contributed by atoms with Crippen molar-refractivity contribution in [1.29, 1.82) is 0 Å². The summed E-state index contributed by atoms with van der Waals surface area (Å²) < 4.78 is 0. The number of rotatable bonds is 7. The number of imide groups is 1. The fraction of sp³-hybridized carbons (Fsp3) is 0.423. The molecule has 0 spiro atoms. The number of hydrogen-bond donors (Lipinski definition) is 0. The lowest BCUT2D eigenvalue weighted by Crippen LogP contribution is -2.33. The lowest BCUT2D eigenvalue weighted by atomic mass is 10.1. The summed E-state index contributed by atoms with van der Waals surface area (Å²) in [6.45, 7) is 4.84. The highest BCUT2D eigenvalue weighted by Crippen LogP contribution is 2.26. The third-order valence-corrected chi connectivity index (χ3v) is 6.42. The van der Waals surface area contributed by atoms with Crippen LogP contribution in [0.25, 0.3) is 0 Å². The van der Waals surface area contributed by atoms with Gasteiger partial charge in [0.25, 0.3) is 11.8 Å². The molecule has 3 amide bonds. The van der Waals surface area contributed by atoms with Crippen molar-refractivity contribution in [2.75, 3.05) is 31.6 Å². The summed E-state index contributed by atoms with van der Waals surface area (Å²) in [5, 5.41) is 0. The standard InChI is InChI=1S/C26H31N3O3/c1-19-12-13-21-22(17-19)26(32)29(25(21)31)16-8-11-24(30)27(2)18-20-9-4-5-10-23(20)28-14-6-3-7-15-28/h4-5,9-10,12-13,17H,3,6-8,11,14-16,18H2,1-2H3. The molecular formula is C26H31N3O3. The highest BCUT2D eigenvalue weighted by atomic mass is 16.2. The monoisotopic (exact) mass is 433 g/mol. The van der Waals surface area contributed by atoms with Crippen molar-refractivity contribution < 1.29 is 14.4 Å². The zero-order chi connectivity index (χ0) is 22.7. The van der Waals surface area contributed by atoms with Gasteiger partial charge in [-0.3, -0.25) is 19.3 Å². The largest absolute Gasteiger partial charge is 0.371 e. The molecule has 2 aromatic rings. The van der Waals surface area contributed by atoms with Gasteiger partial charge in [-0.25, -0.2) is 0 Å². The molecular weight excluding hydrogens is 402 g/mol. The Morgan fingerprint density at radius 3 is 2.47 bits per heavy atom. The number of piperidine rings is 1. The van der Waals surface area contributed by atoms with Gasteiger partial charge in [-0.2, -0.15) is 0 Å². The van der Waals surface area contributed by atoms with Crippen LogP contribution in [-0.4, -0.2) is 54.2 Å². The van der Waals surface area contributed by atoms with E-state index in [4.69, 9.17) is 0 Å². The Balaban J connectivity index is 1.32. The van der Waals surface area contributed by atoms with Crippen LogP contribution in [0.4, 0.5) is 5.69 Å². The van der Waals surface area contributed by atoms with Crippen molar-refractivity contribution in [3.05, 3.63) is 64.7 Å². The van der Waals surface area contributed by atoms with Gasteiger partial charge in [0.05, 0.1) is 11.1 Å². The van der Waals surface area contributed by atoms with E-state index in [2.05, 4.69) is 23.1 Å². The van der Waals surface area contributed by atoms with E-state index in [9.17, 15) is 14.4 Å². The van der Waals surface area contributed by atoms with Gasteiger partial charge in [0, 0.05) is 45.3 Å². The number of hydrogen-bond acceptors (Lipinski definition) is 4. The zero-order valence-corrected chi connectivity index (χ0v) is 19.0. The van der Waals surface area contributed by atoms with Crippen molar-refractivity contribution in [3.63, 3.8) is 0 Å². The number of carbonyl (C=O) groups excluding carboxylic acids is 3. The number of fused-ring (bicyclic) bond motifs is 1. The van der Waals surface area contributed by atoms with Crippen LogP contribution in [0, 0.1) is 6.92 Å². The van der Waals surface area contributed by atoms with Crippen LogP contribution >= 0.6 is 0 Å². The minimum atomic E-state index is -0.263. The minimum Gasteiger partial charge on any atom is -0.371 e. The van der Waals surface area contributed by atoms with Crippen LogP contribution in [0.2, 0.25) is 0 Å². The summed E-state index contributed by atoms with van der Waals surface area (Å²) in [7, 11) is 1.82. The molecule has 0 atom stereocenters. The number of anilines is 1. The van der Waals surface area contributed by atoms with Gasteiger partial charge in [-0.05, 0) is 56.4 Å². The number of amides is 3. The number of benzene rings is 2. The predicted molar refractivity (Wildman–Crippen MR) is 125 cm³/mol. The first-order valence-electron chi connectivity index (χ1n) is 11.5. The van der Waals surface area contributed by atoms with Crippen LogP contribution in [0.15, 0.2) is 42.5 Å². The molecule has 168 valence electrons. The third kappa shape index (κ3) is 4.54. The molecule has 2 heterocycles. The first-order valence-corrected chi connectivity index (χ1v) is 11.5. The van der Waals surface area contributed by atoms with Gasteiger partial charge in [0.1, 0.15) is 0 Å². The van der Waals surface area contributed by atoms with Crippen molar-refractivity contribution in [3.8, 4) is 0 Å². The van der Waals surface area contributed by atoms with E-state index in [-0.39, 0.29) is 24.3 Å². The van der Waals surface area contributed by atoms with Crippen LogP contribution < -0.4 is 4.90 Å². The second kappa shape index (κ2) is 9.55. The molecule has 0 N–H and O–H groups in total. The summed E-state index contributed by atoms with van der Waals surface area (Å²) in [6.07, 6.45) is 4.46. The lowest BCUT2D eigenvalue weighted by molar-refractivity contribution is -0.130. The number of carbonyl (C=O) groups is 3. The Bertz CT molecular complexity index is 1030.